The van der Waals surface area contributed by atoms with Crippen LogP contribution in [0.3, 0.4) is 0 Å². The van der Waals surface area contributed by atoms with Crippen LogP contribution >= 0.6 is 11.3 Å². The summed E-state index contributed by atoms with van der Waals surface area (Å²) in [6, 6.07) is 0.479. The first-order chi connectivity index (χ1) is 8.69. The number of nitrogens with zero attached hydrogens (tertiary/aromatic N) is 2. The van der Waals surface area contributed by atoms with Gasteiger partial charge in [0.2, 0.25) is 0 Å². The van der Waals surface area contributed by atoms with Gasteiger partial charge in [-0.05, 0) is 32.3 Å². The van der Waals surface area contributed by atoms with Crippen LogP contribution in [0.4, 0.5) is 5.82 Å². The van der Waals surface area contributed by atoms with E-state index in [1.165, 1.54) is 15.8 Å². The number of hydrogen-bond donors (Lipinski definition) is 1. The summed E-state index contributed by atoms with van der Waals surface area (Å²) in [5.74, 6) is 0.974. The highest BCUT2D eigenvalue weighted by Crippen LogP contribution is 2.34. The van der Waals surface area contributed by atoms with Gasteiger partial charge in [-0.25, -0.2) is 9.97 Å². The normalized spacial score (nSPS) is 23.1. The third-order valence-corrected chi connectivity index (χ3v) is 4.85. The number of ether oxygens (including phenoxy) is 1. The molecule has 0 spiro atoms. The molecular weight excluding hydrogens is 246 g/mol. The van der Waals surface area contributed by atoms with E-state index in [0.717, 1.165) is 23.5 Å². The third-order valence-electron chi connectivity index (χ3n) is 3.73. The number of anilines is 1. The minimum Gasteiger partial charge on any atom is -0.381 e. The van der Waals surface area contributed by atoms with Crippen molar-refractivity contribution in [1.29, 1.82) is 0 Å². The van der Waals surface area contributed by atoms with Gasteiger partial charge in [-0.1, -0.05) is 0 Å². The Hall–Kier alpha value is -1.20. The summed E-state index contributed by atoms with van der Waals surface area (Å²) in [6.45, 7) is 4.27. The van der Waals surface area contributed by atoms with E-state index in [-0.39, 0.29) is 0 Å². The minimum atomic E-state index is 0.408. The summed E-state index contributed by atoms with van der Waals surface area (Å²) in [5.41, 5.74) is 1.29. The lowest BCUT2D eigenvalue weighted by atomic mass is 9.89. The standard InChI is InChI=1S/C13H17N3OS/c1-7-8(2)18-13-11(7)12(14-6-15-13)16-9-4-10(5-9)17-3/h6,9-10H,4-5H2,1-3H3,(H,14,15,16). The number of aryl methyl sites for hydroxylation is 2. The van der Waals surface area contributed by atoms with Crippen LogP contribution in [0.5, 0.6) is 0 Å². The number of thiophene rings is 1. The van der Waals surface area contributed by atoms with E-state index in [2.05, 4.69) is 29.1 Å². The molecule has 1 fully saturated rings. The summed E-state index contributed by atoms with van der Waals surface area (Å²) in [4.78, 5) is 11.1. The predicted molar refractivity (Wildman–Crippen MR) is 74.3 cm³/mol. The van der Waals surface area contributed by atoms with Crippen molar-refractivity contribution in [3.8, 4) is 0 Å². The zero-order valence-electron chi connectivity index (χ0n) is 10.9. The Labute approximate surface area is 110 Å². The molecule has 0 aromatic carbocycles. The molecule has 0 saturated heterocycles. The maximum absolute atomic E-state index is 5.30. The van der Waals surface area contributed by atoms with E-state index >= 15 is 0 Å². The first kappa shape index (κ1) is 11.9. The summed E-state index contributed by atoms with van der Waals surface area (Å²) < 4.78 is 5.30. The highest BCUT2D eigenvalue weighted by Gasteiger charge is 2.29. The van der Waals surface area contributed by atoms with Crippen LogP contribution < -0.4 is 5.32 Å². The van der Waals surface area contributed by atoms with E-state index in [1.54, 1.807) is 24.8 Å². The fourth-order valence-electron chi connectivity index (χ4n) is 2.36. The number of rotatable bonds is 3. The van der Waals surface area contributed by atoms with Crippen LogP contribution in [-0.2, 0) is 4.74 Å². The first-order valence-electron chi connectivity index (χ1n) is 6.19. The zero-order valence-corrected chi connectivity index (χ0v) is 11.7. The number of methoxy groups -OCH3 is 1. The van der Waals surface area contributed by atoms with Gasteiger partial charge in [0.1, 0.15) is 17.0 Å². The molecule has 0 unspecified atom stereocenters. The van der Waals surface area contributed by atoms with Crippen molar-refractivity contribution < 1.29 is 4.74 Å². The Bertz CT molecular complexity index is 575. The molecule has 0 atom stereocenters. The van der Waals surface area contributed by atoms with Gasteiger partial charge in [0, 0.05) is 18.0 Å². The molecule has 2 heterocycles. The Morgan fingerprint density at radius 3 is 2.83 bits per heavy atom. The third kappa shape index (κ3) is 1.87. The molecule has 3 rings (SSSR count). The lowest BCUT2D eigenvalue weighted by molar-refractivity contribution is 0.0328. The lowest BCUT2D eigenvalue weighted by Crippen LogP contribution is -2.40. The number of nitrogens with one attached hydrogen (secondary N) is 1. The molecule has 0 radical (unpaired) electrons. The van der Waals surface area contributed by atoms with Gasteiger partial charge in [-0.3, -0.25) is 0 Å². The molecule has 4 nitrogen and oxygen atoms in total. The largest absolute Gasteiger partial charge is 0.381 e. The summed E-state index contributed by atoms with van der Waals surface area (Å²) in [5, 5.41) is 4.70. The topological polar surface area (TPSA) is 47.0 Å². The van der Waals surface area contributed by atoms with Gasteiger partial charge < -0.3 is 10.1 Å². The predicted octanol–water partition coefficient (Wildman–Crippen LogP) is 2.90. The zero-order chi connectivity index (χ0) is 12.7. The SMILES string of the molecule is COC1CC(Nc2ncnc3sc(C)c(C)c23)C1. The van der Waals surface area contributed by atoms with Crippen molar-refractivity contribution in [2.75, 3.05) is 12.4 Å². The molecular formula is C13H17N3OS. The molecule has 1 aliphatic rings. The smallest absolute Gasteiger partial charge is 0.138 e. The van der Waals surface area contributed by atoms with E-state index in [1.807, 2.05) is 0 Å². The monoisotopic (exact) mass is 263 g/mol. The van der Waals surface area contributed by atoms with Crippen LogP contribution in [0, 0.1) is 13.8 Å². The van der Waals surface area contributed by atoms with Crippen LogP contribution in [0.2, 0.25) is 0 Å². The summed E-state index contributed by atoms with van der Waals surface area (Å²) in [7, 11) is 1.77. The molecule has 1 saturated carbocycles. The van der Waals surface area contributed by atoms with Gasteiger partial charge in [0.05, 0.1) is 11.5 Å². The fraction of sp³-hybridized carbons (Fsp3) is 0.538. The van der Waals surface area contributed by atoms with Gasteiger partial charge in [-0.2, -0.15) is 0 Å². The molecule has 0 aliphatic heterocycles. The molecule has 96 valence electrons. The molecule has 1 aliphatic carbocycles. The van der Waals surface area contributed by atoms with Crippen LogP contribution in [0.15, 0.2) is 6.33 Å². The van der Waals surface area contributed by atoms with E-state index < -0.39 is 0 Å². The molecule has 5 heteroatoms. The van der Waals surface area contributed by atoms with Crippen molar-refractivity contribution in [2.24, 2.45) is 0 Å². The maximum atomic E-state index is 5.30. The molecule has 18 heavy (non-hydrogen) atoms. The highest BCUT2D eigenvalue weighted by atomic mass is 32.1. The lowest BCUT2D eigenvalue weighted by Gasteiger charge is -2.35. The second-order valence-corrected chi connectivity index (χ2v) is 6.06. The first-order valence-corrected chi connectivity index (χ1v) is 7.00. The average Bonchev–Trinajstić information content (AvgIpc) is 2.60. The van der Waals surface area contributed by atoms with Gasteiger partial charge in [-0.15, -0.1) is 11.3 Å². The van der Waals surface area contributed by atoms with Crippen LogP contribution in [0.1, 0.15) is 23.3 Å². The van der Waals surface area contributed by atoms with Crippen molar-refractivity contribution in [3.05, 3.63) is 16.8 Å². The summed E-state index contributed by atoms with van der Waals surface area (Å²) in [6.07, 6.45) is 4.17. The number of hydrogen-bond acceptors (Lipinski definition) is 5. The second kappa shape index (κ2) is 4.48. The van der Waals surface area contributed by atoms with E-state index in [0.29, 0.717) is 12.1 Å². The van der Waals surface area contributed by atoms with Gasteiger partial charge >= 0.3 is 0 Å². The Balaban J connectivity index is 1.88. The molecule has 1 N–H and O–H groups in total. The molecule has 0 bridgehead atoms. The van der Waals surface area contributed by atoms with Crippen LogP contribution in [0.25, 0.3) is 10.2 Å². The molecule has 0 amide bonds. The van der Waals surface area contributed by atoms with Crippen molar-refractivity contribution in [1.82, 2.24) is 9.97 Å². The number of fused-ring (bicyclic) bond motifs is 1. The Morgan fingerprint density at radius 2 is 2.11 bits per heavy atom. The van der Waals surface area contributed by atoms with Gasteiger partial charge in [0.15, 0.2) is 0 Å². The quantitative estimate of drug-likeness (QED) is 0.925. The van der Waals surface area contributed by atoms with Crippen molar-refractivity contribution >= 4 is 27.4 Å². The molecule has 2 aromatic heterocycles. The Kier molecular flexibility index (Phi) is 2.95. The minimum absolute atomic E-state index is 0.408. The second-order valence-electron chi connectivity index (χ2n) is 4.86. The summed E-state index contributed by atoms with van der Waals surface area (Å²) >= 11 is 1.73. The average molecular weight is 263 g/mol. The Morgan fingerprint density at radius 1 is 1.33 bits per heavy atom. The molecule has 2 aromatic rings. The van der Waals surface area contributed by atoms with Gasteiger partial charge in [0.25, 0.3) is 0 Å². The number of aromatic nitrogens is 2. The van der Waals surface area contributed by atoms with Crippen LogP contribution in [-0.4, -0.2) is 29.2 Å². The maximum Gasteiger partial charge on any atom is 0.138 e. The van der Waals surface area contributed by atoms with E-state index in [9.17, 15) is 0 Å². The van der Waals surface area contributed by atoms with Crippen molar-refractivity contribution in [3.63, 3.8) is 0 Å². The highest BCUT2D eigenvalue weighted by molar-refractivity contribution is 7.18. The fourth-order valence-corrected chi connectivity index (χ4v) is 3.36. The van der Waals surface area contributed by atoms with Crippen molar-refractivity contribution in [2.45, 2.75) is 38.8 Å². The van der Waals surface area contributed by atoms with E-state index in [4.69, 9.17) is 4.74 Å².